The fourth-order valence-corrected chi connectivity index (χ4v) is 2.11. The molecule has 0 saturated carbocycles. The minimum atomic E-state index is -0.427. The number of carbonyl (C=O) groups is 2. The first-order chi connectivity index (χ1) is 11.6. The Labute approximate surface area is 145 Å². The summed E-state index contributed by atoms with van der Waals surface area (Å²) in [6, 6.07) is 14.0. The number of rotatable bonds is 7. The van der Waals surface area contributed by atoms with Gasteiger partial charge in [0, 0.05) is 13.5 Å². The van der Waals surface area contributed by atoms with E-state index in [9.17, 15) is 9.59 Å². The molecule has 2 rings (SSSR count). The van der Waals surface area contributed by atoms with Gasteiger partial charge in [-0.05, 0) is 29.8 Å². The van der Waals surface area contributed by atoms with Gasteiger partial charge in [-0.25, -0.2) is 4.79 Å². The van der Waals surface area contributed by atoms with Crippen LogP contribution in [0.25, 0.3) is 0 Å². The van der Waals surface area contributed by atoms with Gasteiger partial charge in [0.1, 0.15) is 19.0 Å². The van der Waals surface area contributed by atoms with Crippen LogP contribution in [0.15, 0.2) is 48.5 Å². The van der Waals surface area contributed by atoms with Crippen molar-refractivity contribution in [2.24, 2.45) is 0 Å². The second-order valence-electron chi connectivity index (χ2n) is 5.02. The second-order valence-corrected chi connectivity index (χ2v) is 5.43. The number of para-hydroxylation sites is 1. The van der Waals surface area contributed by atoms with E-state index in [1.807, 2.05) is 12.1 Å². The van der Waals surface area contributed by atoms with Gasteiger partial charge in [0.2, 0.25) is 5.91 Å². The smallest absolute Gasteiger partial charge is 0.338 e. The number of benzene rings is 2. The Morgan fingerprint density at radius 3 is 2.42 bits per heavy atom. The summed E-state index contributed by atoms with van der Waals surface area (Å²) in [5, 5.41) is 3.20. The Hall–Kier alpha value is -2.53. The summed E-state index contributed by atoms with van der Waals surface area (Å²) in [4.78, 5) is 22.8. The van der Waals surface area contributed by atoms with Gasteiger partial charge in [-0.3, -0.25) is 4.79 Å². The average Bonchev–Trinajstić information content (AvgIpc) is 2.58. The monoisotopic (exact) mass is 347 g/mol. The molecule has 0 saturated heterocycles. The van der Waals surface area contributed by atoms with Crippen molar-refractivity contribution in [3.63, 3.8) is 0 Å². The van der Waals surface area contributed by atoms with Crippen LogP contribution in [0.1, 0.15) is 22.8 Å². The molecule has 0 aliphatic rings. The summed E-state index contributed by atoms with van der Waals surface area (Å²) < 4.78 is 10.6. The van der Waals surface area contributed by atoms with Crippen molar-refractivity contribution in [1.29, 1.82) is 0 Å². The molecule has 5 nitrogen and oxygen atoms in total. The second kappa shape index (κ2) is 8.93. The minimum absolute atomic E-state index is 0.1000. The highest BCUT2D eigenvalue weighted by molar-refractivity contribution is 6.32. The Kier molecular flexibility index (Phi) is 6.63. The van der Waals surface area contributed by atoms with E-state index < -0.39 is 5.97 Å². The number of ether oxygens (including phenoxy) is 2. The maximum absolute atomic E-state index is 11.9. The van der Waals surface area contributed by atoms with E-state index in [4.69, 9.17) is 21.1 Å². The third-order valence-corrected chi connectivity index (χ3v) is 3.45. The lowest BCUT2D eigenvalue weighted by Crippen LogP contribution is -2.19. The highest BCUT2D eigenvalue weighted by Crippen LogP contribution is 2.22. The molecule has 1 N–H and O–H groups in total. The summed E-state index contributed by atoms with van der Waals surface area (Å²) >= 11 is 5.96. The predicted octanol–water partition coefficient (Wildman–Crippen LogP) is 3.21. The minimum Gasteiger partial charge on any atom is -0.488 e. The summed E-state index contributed by atoms with van der Waals surface area (Å²) in [5.41, 5.74) is 1.35. The quantitative estimate of drug-likeness (QED) is 0.617. The largest absolute Gasteiger partial charge is 0.488 e. The van der Waals surface area contributed by atoms with E-state index in [1.165, 1.54) is 6.92 Å². The maximum Gasteiger partial charge on any atom is 0.338 e. The molecule has 0 spiro atoms. The van der Waals surface area contributed by atoms with E-state index in [2.05, 4.69) is 5.32 Å². The van der Waals surface area contributed by atoms with Crippen molar-refractivity contribution in [2.45, 2.75) is 13.5 Å². The molecule has 0 aliphatic carbocycles. The fraction of sp³-hybridized carbons (Fsp3) is 0.222. The third-order valence-electron chi connectivity index (χ3n) is 3.14. The van der Waals surface area contributed by atoms with Gasteiger partial charge in [-0.2, -0.15) is 0 Å². The molecule has 0 heterocycles. The van der Waals surface area contributed by atoms with Gasteiger partial charge < -0.3 is 14.8 Å². The van der Waals surface area contributed by atoms with Crippen molar-refractivity contribution < 1.29 is 19.1 Å². The number of carbonyl (C=O) groups excluding carboxylic acids is 2. The molecule has 0 unspecified atom stereocenters. The number of halogens is 1. The first kappa shape index (κ1) is 17.8. The van der Waals surface area contributed by atoms with Gasteiger partial charge in [0.25, 0.3) is 0 Å². The highest BCUT2D eigenvalue weighted by Gasteiger charge is 2.07. The molecule has 0 aliphatic heterocycles. The predicted molar refractivity (Wildman–Crippen MR) is 91.2 cm³/mol. The number of esters is 1. The van der Waals surface area contributed by atoms with Crippen molar-refractivity contribution in [3.8, 4) is 5.75 Å². The summed E-state index contributed by atoms with van der Waals surface area (Å²) in [5.74, 6) is 0.0263. The standard InChI is InChI=1S/C18H18ClNO4/c1-13(21)20-12-14-6-8-15(9-7-14)18(22)24-11-10-23-17-5-3-2-4-16(17)19/h2-9H,10-12H2,1H3,(H,20,21). The Morgan fingerprint density at radius 1 is 1.04 bits per heavy atom. The zero-order valence-corrected chi connectivity index (χ0v) is 14.0. The van der Waals surface area contributed by atoms with Crippen LogP contribution >= 0.6 is 11.6 Å². The summed E-state index contributed by atoms with van der Waals surface area (Å²) in [6.07, 6.45) is 0. The van der Waals surface area contributed by atoms with E-state index in [-0.39, 0.29) is 19.1 Å². The Balaban J connectivity index is 1.76. The fourth-order valence-electron chi connectivity index (χ4n) is 1.92. The first-order valence-electron chi connectivity index (χ1n) is 7.44. The van der Waals surface area contributed by atoms with Crippen LogP contribution in [-0.4, -0.2) is 25.1 Å². The van der Waals surface area contributed by atoms with Crippen molar-refractivity contribution in [1.82, 2.24) is 5.32 Å². The average molecular weight is 348 g/mol. The Morgan fingerprint density at radius 2 is 1.75 bits per heavy atom. The highest BCUT2D eigenvalue weighted by atomic mass is 35.5. The molecule has 0 bridgehead atoms. The molecular weight excluding hydrogens is 330 g/mol. The van der Waals surface area contributed by atoms with E-state index in [0.717, 1.165) is 5.56 Å². The zero-order valence-electron chi connectivity index (χ0n) is 13.3. The molecule has 6 heteroatoms. The third kappa shape index (κ3) is 5.59. The van der Waals surface area contributed by atoms with Crippen LogP contribution < -0.4 is 10.1 Å². The van der Waals surface area contributed by atoms with Crippen LogP contribution in [0.2, 0.25) is 5.02 Å². The van der Waals surface area contributed by atoms with E-state index in [0.29, 0.717) is 22.9 Å². The van der Waals surface area contributed by atoms with Gasteiger partial charge in [0.15, 0.2) is 0 Å². The van der Waals surface area contributed by atoms with Crippen LogP contribution in [-0.2, 0) is 16.1 Å². The molecule has 2 aromatic carbocycles. The lowest BCUT2D eigenvalue weighted by molar-refractivity contribution is -0.119. The maximum atomic E-state index is 11.9. The number of amides is 1. The number of hydrogen-bond donors (Lipinski definition) is 1. The molecule has 24 heavy (non-hydrogen) atoms. The molecule has 2 aromatic rings. The molecule has 0 fully saturated rings. The first-order valence-corrected chi connectivity index (χ1v) is 7.82. The van der Waals surface area contributed by atoms with Crippen molar-refractivity contribution in [2.75, 3.05) is 13.2 Å². The van der Waals surface area contributed by atoms with Gasteiger partial charge in [0.05, 0.1) is 10.6 Å². The molecule has 126 valence electrons. The van der Waals surface area contributed by atoms with Gasteiger partial charge >= 0.3 is 5.97 Å². The van der Waals surface area contributed by atoms with Crippen LogP contribution in [0.4, 0.5) is 0 Å². The van der Waals surface area contributed by atoms with Crippen LogP contribution in [0.5, 0.6) is 5.75 Å². The normalized spacial score (nSPS) is 10.1. The summed E-state index contributed by atoms with van der Waals surface area (Å²) in [7, 11) is 0. The molecule has 0 radical (unpaired) electrons. The van der Waals surface area contributed by atoms with E-state index in [1.54, 1.807) is 36.4 Å². The van der Waals surface area contributed by atoms with Gasteiger partial charge in [-0.1, -0.05) is 35.9 Å². The van der Waals surface area contributed by atoms with Crippen molar-refractivity contribution in [3.05, 3.63) is 64.7 Å². The van der Waals surface area contributed by atoms with Gasteiger partial charge in [-0.15, -0.1) is 0 Å². The number of nitrogens with one attached hydrogen (secondary N) is 1. The van der Waals surface area contributed by atoms with Crippen molar-refractivity contribution >= 4 is 23.5 Å². The SMILES string of the molecule is CC(=O)NCc1ccc(C(=O)OCCOc2ccccc2Cl)cc1. The molecule has 1 amide bonds. The molecule has 0 aromatic heterocycles. The van der Waals surface area contributed by atoms with Crippen LogP contribution in [0, 0.1) is 0 Å². The van der Waals surface area contributed by atoms with Crippen LogP contribution in [0.3, 0.4) is 0 Å². The topological polar surface area (TPSA) is 64.6 Å². The zero-order chi connectivity index (χ0) is 17.4. The molecule has 0 atom stereocenters. The molecular formula is C18H18ClNO4. The lowest BCUT2D eigenvalue weighted by atomic mass is 10.1. The number of hydrogen-bond acceptors (Lipinski definition) is 4. The summed E-state index contributed by atoms with van der Waals surface area (Å²) in [6.45, 7) is 2.22. The Bertz CT molecular complexity index is 700. The lowest BCUT2D eigenvalue weighted by Gasteiger charge is -2.09. The van der Waals surface area contributed by atoms with E-state index >= 15 is 0 Å².